The van der Waals surface area contributed by atoms with Gasteiger partial charge in [0.05, 0.1) is 17.3 Å². The molecule has 0 radical (unpaired) electrons. The SMILES string of the molecule is CC(C)Oc1ccc2[nH]nc(-c3ccnc(NS(=O)(=O)Cc4ccccn4)c3)c2c1. The van der Waals surface area contributed by atoms with E-state index in [0.717, 1.165) is 22.2 Å². The molecule has 0 aliphatic heterocycles. The van der Waals surface area contributed by atoms with Crippen LogP contribution in [0.1, 0.15) is 19.5 Å². The van der Waals surface area contributed by atoms with E-state index in [-0.39, 0.29) is 17.7 Å². The van der Waals surface area contributed by atoms with E-state index in [4.69, 9.17) is 4.74 Å². The van der Waals surface area contributed by atoms with Gasteiger partial charge in [0.25, 0.3) is 0 Å². The fourth-order valence-electron chi connectivity index (χ4n) is 3.07. The maximum absolute atomic E-state index is 12.5. The Labute approximate surface area is 174 Å². The van der Waals surface area contributed by atoms with Crippen molar-refractivity contribution < 1.29 is 13.2 Å². The molecule has 0 bridgehead atoms. The molecule has 3 aromatic heterocycles. The summed E-state index contributed by atoms with van der Waals surface area (Å²) in [4.78, 5) is 8.20. The Kier molecular flexibility index (Phi) is 5.37. The molecule has 0 aliphatic rings. The number of aromatic amines is 1. The summed E-state index contributed by atoms with van der Waals surface area (Å²) in [6.45, 7) is 3.93. The van der Waals surface area contributed by atoms with Crippen molar-refractivity contribution in [2.75, 3.05) is 4.72 Å². The monoisotopic (exact) mass is 423 g/mol. The Morgan fingerprint density at radius 2 is 1.93 bits per heavy atom. The Hall–Kier alpha value is -3.46. The Bertz CT molecular complexity index is 1270. The zero-order valence-corrected chi connectivity index (χ0v) is 17.3. The number of anilines is 1. The van der Waals surface area contributed by atoms with Gasteiger partial charge in [-0.2, -0.15) is 5.10 Å². The maximum atomic E-state index is 12.5. The van der Waals surface area contributed by atoms with Crippen LogP contribution in [0.4, 0.5) is 5.82 Å². The summed E-state index contributed by atoms with van der Waals surface area (Å²) in [7, 11) is -3.66. The van der Waals surface area contributed by atoms with Gasteiger partial charge in [0, 0.05) is 23.3 Å². The van der Waals surface area contributed by atoms with E-state index < -0.39 is 10.0 Å². The number of benzene rings is 1. The molecule has 0 spiro atoms. The summed E-state index contributed by atoms with van der Waals surface area (Å²) in [5.74, 6) is 0.723. The van der Waals surface area contributed by atoms with Crippen molar-refractivity contribution in [2.45, 2.75) is 25.7 Å². The first-order valence-electron chi connectivity index (χ1n) is 9.41. The molecule has 0 saturated heterocycles. The van der Waals surface area contributed by atoms with Crippen molar-refractivity contribution in [3.05, 3.63) is 66.6 Å². The van der Waals surface area contributed by atoms with Crippen LogP contribution in [0.3, 0.4) is 0 Å². The second-order valence-electron chi connectivity index (χ2n) is 7.06. The van der Waals surface area contributed by atoms with E-state index in [0.29, 0.717) is 11.4 Å². The van der Waals surface area contributed by atoms with Crippen molar-refractivity contribution in [2.24, 2.45) is 0 Å². The van der Waals surface area contributed by atoms with Crippen molar-refractivity contribution in [3.8, 4) is 17.0 Å². The van der Waals surface area contributed by atoms with Gasteiger partial charge in [0.2, 0.25) is 10.0 Å². The van der Waals surface area contributed by atoms with Crippen molar-refractivity contribution in [1.29, 1.82) is 0 Å². The molecule has 8 nitrogen and oxygen atoms in total. The van der Waals surface area contributed by atoms with E-state index >= 15 is 0 Å². The number of hydrogen-bond acceptors (Lipinski definition) is 6. The highest BCUT2D eigenvalue weighted by Crippen LogP contribution is 2.30. The average Bonchev–Trinajstić information content (AvgIpc) is 3.11. The fraction of sp³-hybridized carbons (Fsp3) is 0.190. The van der Waals surface area contributed by atoms with Crippen LogP contribution in [-0.2, 0) is 15.8 Å². The molecule has 2 N–H and O–H groups in total. The van der Waals surface area contributed by atoms with Crippen LogP contribution in [0.2, 0.25) is 0 Å². The number of ether oxygens (including phenoxy) is 1. The number of H-pyrrole nitrogens is 1. The average molecular weight is 423 g/mol. The summed E-state index contributed by atoms with van der Waals surface area (Å²) in [5, 5.41) is 8.27. The number of fused-ring (bicyclic) bond motifs is 1. The molecule has 0 amide bonds. The molecule has 3 heterocycles. The van der Waals surface area contributed by atoms with Gasteiger partial charge in [-0.25, -0.2) is 13.4 Å². The van der Waals surface area contributed by atoms with Crippen molar-refractivity contribution in [1.82, 2.24) is 20.2 Å². The van der Waals surface area contributed by atoms with Gasteiger partial charge >= 0.3 is 0 Å². The second-order valence-corrected chi connectivity index (χ2v) is 8.78. The van der Waals surface area contributed by atoms with Gasteiger partial charge < -0.3 is 4.74 Å². The summed E-state index contributed by atoms with van der Waals surface area (Å²) in [5.41, 5.74) is 2.73. The topological polar surface area (TPSA) is 110 Å². The normalized spacial score (nSPS) is 11.7. The predicted molar refractivity (Wildman–Crippen MR) is 116 cm³/mol. The van der Waals surface area contributed by atoms with Gasteiger partial charge in [0.15, 0.2) is 0 Å². The Balaban J connectivity index is 1.62. The number of hydrogen-bond donors (Lipinski definition) is 2. The van der Waals surface area contributed by atoms with Crippen molar-refractivity contribution >= 4 is 26.7 Å². The van der Waals surface area contributed by atoms with E-state index in [9.17, 15) is 8.42 Å². The number of pyridine rings is 2. The largest absolute Gasteiger partial charge is 0.491 e. The van der Waals surface area contributed by atoms with E-state index in [1.165, 1.54) is 0 Å². The molecule has 0 fully saturated rings. The number of nitrogens with zero attached hydrogens (tertiary/aromatic N) is 3. The quantitative estimate of drug-likeness (QED) is 0.468. The van der Waals surface area contributed by atoms with Crippen LogP contribution in [0.25, 0.3) is 22.2 Å². The lowest BCUT2D eigenvalue weighted by Gasteiger charge is -2.10. The summed E-state index contributed by atoms with van der Waals surface area (Å²) >= 11 is 0. The van der Waals surface area contributed by atoms with Crippen LogP contribution in [0.15, 0.2) is 60.9 Å². The predicted octanol–water partition coefficient (Wildman–Crippen LogP) is 3.75. The van der Waals surface area contributed by atoms with Gasteiger partial charge in [-0.3, -0.25) is 14.8 Å². The maximum Gasteiger partial charge on any atom is 0.239 e. The van der Waals surface area contributed by atoms with Crippen LogP contribution in [0.5, 0.6) is 5.75 Å². The van der Waals surface area contributed by atoms with Crippen LogP contribution >= 0.6 is 0 Å². The minimum Gasteiger partial charge on any atom is -0.491 e. The van der Waals surface area contributed by atoms with Gasteiger partial charge in [0.1, 0.15) is 23.0 Å². The van der Waals surface area contributed by atoms with Gasteiger partial charge in [-0.15, -0.1) is 0 Å². The first-order valence-corrected chi connectivity index (χ1v) is 11.1. The zero-order valence-electron chi connectivity index (χ0n) is 16.5. The molecule has 0 atom stereocenters. The Morgan fingerprint density at radius 3 is 2.70 bits per heavy atom. The molecule has 9 heteroatoms. The fourth-order valence-corrected chi connectivity index (χ4v) is 4.13. The molecular weight excluding hydrogens is 402 g/mol. The van der Waals surface area contributed by atoms with Crippen LogP contribution in [-0.4, -0.2) is 34.7 Å². The number of rotatable bonds is 7. The van der Waals surface area contributed by atoms with E-state index in [1.807, 2.05) is 32.0 Å². The lowest BCUT2D eigenvalue weighted by Crippen LogP contribution is -2.16. The molecular formula is C21H21N5O3S. The van der Waals surface area contributed by atoms with Gasteiger partial charge in [-0.05, 0) is 56.3 Å². The summed E-state index contributed by atoms with van der Waals surface area (Å²) in [6, 6.07) is 14.3. The van der Waals surface area contributed by atoms with Crippen LogP contribution < -0.4 is 9.46 Å². The third-order valence-corrected chi connectivity index (χ3v) is 5.46. The molecule has 0 unspecified atom stereocenters. The molecule has 154 valence electrons. The zero-order chi connectivity index (χ0) is 21.1. The highest BCUT2D eigenvalue weighted by atomic mass is 32.2. The smallest absolute Gasteiger partial charge is 0.239 e. The minimum atomic E-state index is -3.66. The first-order chi connectivity index (χ1) is 14.4. The number of aromatic nitrogens is 4. The van der Waals surface area contributed by atoms with Crippen LogP contribution in [0, 0.1) is 0 Å². The molecule has 30 heavy (non-hydrogen) atoms. The third kappa shape index (κ3) is 4.57. The number of sulfonamides is 1. The first kappa shape index (κ1) is 19.8. The van der Waals surface area contributed by atoms with E-state index in [1.54, 1.807) is 42.7 Å². The lowest BCUT2D eigenvalue weighted by atomic mass is 10.1. The second kappa shape index (κ2) is 8.11. The highest BCUT2D eigenvalue weighted by Gasteiger charge is 2.15. The number of nitrogens with one attached hydrogen (secondary N) is 2. The lowest BCUT2D eigenvalue weighted by molar-refractivity contribution is 0.243. The summed E-state index contributed by atoms with van der Waals surface area (Å²) < 4.78 is 33.3. The molecule has 4 rings (SSSR count). The highest BCUT2D eigenvalue weighted by molar-refractivity contribution is 7.91. The molecule has 0 saturated carbocycles. The standard InChI is InChI=1S/C21H21N5O3S/c1-14(2)29-17-6-7-19-18(12-17)21(25-24-19)15-8-10-23-20(11-15)26-30(27,28)13-16-5-3-4-9-22-16/h3-12,14H,13H2,1-2H3,(H,23,26)(H,24,25). The van der Waals surface area contributed by atoms with Gasteiger partial charge in [-0.1, -0.05) is 6.07 Å². The van der Waals surface area contributed by atoms with E-state index in [2.05, 4.69) is 24.9 Å². The molecule has 4 aromatic rings. The molecule has 0 aliphatic carbocycles. The summed E-state index contributed by atoms with van der Waals surface area (Å²) in [6.07, 6.45) is 3.16. The Morgan fingerprint density at radius 1 is 1.07 bits per heavy atom. The van der Waals surface area contributed by atoms with Crippen molar-refractivity contribution in [3.63, 3.8) is 0 Å². The third-order valence-electron chi connectivity index (χ3n) is 4.26. The minimum absolute atomic E-state index is 0.0545. The molecule has 1 aromatic carbocycles.